The number of nitrogens with zero attached hydrogens (tertiary/aromatic N) is 1. The van der Waals surface area contributed by atoms with Crippen LogP contribution in [0.1, 0.15) is 27.9 Å². The molecule has 0 saturated carbocycles. The van der Waals surface area contributed by atoms with Crippen LogP contribution in [0.3, 0.4) is 0 Å². The lowest BCUT2D eigenvalue weighted by Crippen LogP contribution is -2.22. The molecule has 20 heavy (non-hydrogen) atoms. The fourth-order valence-corrected chi connectivity index (χ4v) is 1.84. The largest absolute Gasteiger partial charge is 0.574 e. The maximum atomic E-state index is 13.0. The topological polar surface area (TPSA) is 48.4 Å². The van der Waals surface area contributed by atoms with Crippen LogP contribution in [0.4, 0.5) is 22.0 Å². The van der Waals surface area contributed by atoms with Crippen molar-refractivity contribution in [3.63, 3.8) is 0 Å². The van der Waals surface area contributed by atoms with E-state index in [2.05, 4.69) is 30.4 Å². The summed E-state index contributed by atoms with van der Waals surface area (Å²) in [5.74, 6) is -2.67. The molecule has 10 heteroatoms. The first-order chi connectivity index (χ1) is 9.21. The lowest BCUT2D eigenvalue weighted by Gasteiger charge is -2.16. The third kappa shape index (κ3) is 3.78. The molecule has 0 radical (unpaired) electrons. The van der Waals surface area contributed by atoms with Gasteiger partial charge in [0.05, 0.1) is 7.11 Å². The first-order valence-corrected chi connectivity index (χ1v) is 6.03. The molecule has 4 nitrogen and oxygen atoms in total. The standard InChI is InChI=1S/C10H7BrF5NO3/c1-19-9(18)6-5(7(12)13)4(2-11)3-17-8(6)20-10(14,15)16/h3,7H,2H2,1H3. The summed E-state index contributed by atoms with van der Waals surface area (Å²) < 4.78 is 70.3. The van der Waals surface area contributed by atoms with Gasteiger partial charge in [0.15, 0.2) is 0 Å². The second kappa shape index (κ2) is 6.33. The maximum Gasteiger partial charge on any atom is 0.574 e. The third-order valence-corrected chi connectivity index (χ3v) is 2.74. The lowest BCUT2D eigenvalue weighted by molar-refractivity contribution is -0.276. The minimum absolute atomic E-state index is 0.129. The molecule has 0 aliphatic heterocycles. The summed E-state index contributed by atoms with van der Waals surface area (Å²) in [5, 5.41) is -0.129. The summed E-state index contributed by atoms with van der Waals surface area (Å²) in [6, 6.07) is 0. The number of hydrogen-bond donors (Lipinski definition) is 0. The van der Waals surface area contributed by atoms with Crippen molar-refractivity contribution in [2.75, 3.05) is 7.11 Å². The van der Waals surface area contributed by atoms with Gasteiger partial charge < -0.3 is 9.47 Å². The van der Waals surface area contributed by atoms with E-state index in [4.69, 9.17) is 0 Å². The number of aromatic nitrogens is 1. The number of carbonyl (C=O) groups excluding carboxylic acids is 1. The van der Waals surface area contributed by atoms with Crippen molar-refractivity contribution >= 4 is 21.9 Å². The summed E-state index contributed by atoms with van der Waals surface area (Å²) in [5.41, 5.74) is -2.10. The molecule has 1 aromatic rings. The highest BCUT2D eigenvalue weighted by molar-refractivity contribution is 9.08. The quantitative estimate of drug-likeness (QED) is 0.466. The number of ether oxygens (including phenoxy) is 2. The molecule has 0 aliphatic rings. The van der Waals surface area contributed by atoms with Gasteiger partial charge in [-0.15, -0.1) is 13.2 Å². The van der Waals surface area contributed by atoms with E-state index in [0.717, 1.165) is 13.3 Å². The summed E-state index contributed by atoms with van der Waals surface area (Å²) in [6.45, 7) is 0. The van der Waals surface area contributed by atoms with E-state index < -0.39 is 35.8 Å². The van der Waals surface area contributed by atoms with E-state index in [-0.39, 0.29) is 10.9 Å². The second-order valence-corrected chi connectivity index (χ2v) is 3.91. The average molecular weight is 364 g/mol. The van der Waals surface area contributed by atoms with E-state index >= 15 is 0 Å². The van der Waals surface area contributed by atoms with Crippen molar-refractivity contribution in [3.8, 4) is 5.88 Å². The number of halogens is 6. The monoisotopic (exact) mass is 363 g/mol. The zero-order chi connectivity index (χ0) is 15.5. The first kappa shape index (κ1) is 16.6. The molecular weight excluding hydrogens is 357 g/mol. The molecule has 112 valence electrons. The van der Waals surface area contributed by atoms with Gasteiger partial charge in [-0.05, 0) is 5.56 Å². The summed E-state index contributed by atoms with van der Waals surface area (Å²) in [4.78, 5) is 14.7. The molecule has 0 aromatic carbocycles. The fraction of sp³-hybridized carbons (Fsp3) is 0.400. The molecule has 1 aromatic heterocycles. The molecule has 0 aliphatic carbocycles. The van der Waals surface area contributed by atoms with E-state index in [1.807, 2.05) is 0 Å². The van der Waals surface area contributed by atoms with Crippen molar-refractivity contribution < 1.29 is 36.2 Å². The van der Waals surface area contributed by atoms with Crippen LogP contribution < -0.4 is 4.74 Å². The SMILES string of the molecule is COC(=O)c1c(OC(F)(F)F)ncc(CBr)c1C(F)F. The number of rotatable bonds is 4. The predicted molar refractivity (Wildman–Crippen MR) is 59.8 cm³/mol. The number of hydrogen-bond acceptors (Lipinski definition) is 4. The Balaban J connectivity index is 3.53. The van der Waals surface area contributed by atoms with Crippen LogP contribution in [0, 0.1) is 0 Å². The van der Waals surface area contributed by atoms with Crippen LogP contribution in [0.15, 0.2) is 6.20 Å². The highest BCUT2D eigenvalue weighted by Crippen LogP contribution is 2.35. The number of pyridine rings is 1. The Labute approximate surface area is 118 Å². The van der Waals surface area contributed by atoms with Gasteiger partial charge in [-0.3, -0.25) is 0 Å². The molecule has 0 unspecified atom stereocenters. The van der Waals surface area contributed by atoms with Crippen LogP contribution >= 0.6 is 15.9 Å². The van der Waals surface area contributed by atoms with Gasteiger partial charge in [-0.2, -0.15) is 0 Å². The van der Waals surface area contributed by atoms with E-state index in [9.17, 15) is 26.7 Å². The molecule has 0 atom stereocenters. The van der Waals surface area contributed by atoms with Gasteiger partial charge in [0.25, 0.3) is 6.43 Å². The molecule has 1 heterocycles. The number of alkyl halides is 6. The number of esters is 1. The Kier molecular flexibility index (Phi) is 5.26. The maximum absolute atomic E-state index is 13.0. The minimum atomic E-state index is -5.18. The molecule has 0 bridgehead atoms. The van der Waals surface area contributed by atoms with Gasteiger partial charge >= 0.3 is 12.3 Å². The van der Waals surface area contributed by atoms with Crippen LogP contribution in [-0.2, 0) is 10.1 Å². The molecular formula is C10H7BrF5NO3. The Bertz CT molecular complexity index is 506. The summed E-state index contributed by atoms with van der Waals surface area (Å²) in [7, 11) is 0.843. The first-order valence-electron chi connectivity index (χ1n) is 4.91. The molecule has 1 rings (SSSR count). The Hall–Kier alpha value is -1.45. The van der Waals surface area contributed by atoms with Gasteiger partial charge in [0.2, 0.25) is 5.88 Å². The van der Waals surface area contributed by atoms with Crippen molar-refractivity contribution in [1.82, 2.24) is 4.98 Å². The van der Waals surface area contributed by atoms with E-state index in [1.165, 1.54) is 0 Å². The molecule has 0 amide bonds. The molecule has 0 saturated heterocycles. The zero-order valence-corrected chi connectivity index (χ0v) is 11.4. The smallest absolute Gasteiger partial charge is 0.465 e. The highest BCUT2D eigenvalue weighted by atomic mass is 79.9. The van der Waals surface area contributed by atoms with E-state index in [1.54, 1.807) is 0 Å². The zero-order valence-electron chi connectivity index (χ0n) is 9.80. The Morgan fingerprint density at radius 1 is 1.45 bits per heavy atom. The van der Waals surface area contributed by atoms with Crippen LogP contribution in [0.5, 0.6) is 5.88 Å². The molecule has 0 spiro atoms. The van der Waals surface area contributed by atoms with Gasteiger partial charge in [0, 0.05) is 17.1 Å². The fourth-order valence-electron chi connectivity index (χ4n) is 1.39. The van der Waals surface area contributed by atoms with Crippen molar-refractivity contribution in [2.24, 2.45) is 0 Å². The van der Waals surface area contributed by atoms with Crippen LogP contribution in [0.25, 0.3) is 0 Å². The van der Waals surface area contributed by atoms with Crippen molar-refractivity contribution in [3.05, 3.63) is 22.9 Å². The molecule has 0 N–H and O–H groups in total. The van der Waals surface area contributed by atoms with Gasteiger partial charge in [0.1, 0.15) is 5.56 Å². The van der Waals surface area contributed by atoms with Gasteiger partial charge in [-0.25, -0.2) is 18.6 Å². The number of methoxy groups -OCH3 is 1. The van der Waals surface area contributed by atoms with Crippen molar-refractivity contribution in [2.45, 2.75) is 18.1 Å². The summed E-state index contributed by atoms with van der Waals surface area (Å²) in [6.07, 6.45) is -7.61. The normalized spacial score (nSPS) is 11.6. The van der Waals surface area contributed by atoms with Gasteiger partial charge in [-0.1, -0.05) is 15.9 Å². The minimum Gasteiger partial charge on any atom is -0.465 e. The number of carbonyl (C=O) groups is 1. The van der Waals surface area contributed by atoms with E-state index in [0.29, 0.717) is 0 Å². The lowest BCUT2D eigenvalue weighted by atomic mass is 10.1. The highest BCUT2D eigenvalue weighted by Gasteiger charge is 2.36. The second-order valence-electron chi connectivity index (χ2n) is 3.35. The van der Waals surface area contributed by atoms with Crippen LogP contribution in [-0.4, -0.2) is 24.4 Å². The summed E-state index contributed by atoms with van der Waals surface area (Å²) >= 11 is 2.88. The Morgan fingerprint density at radius 3 is 2.45 bits per heavy atom. The average Bonchev–Trinajstić information content (AvgIpc) is 2.35. The third-order valence-electron chi connectivity index (χ3n) is 2.13. The Morgan fingerprint density at radius 2 is 2.05 bits per heavy atom. The molecule has 0 fully saturated rings. The van der Waals surface area contributed by atoms with Crippen molar-refractivity contribution in [1.29, 1.82) is 0 Å². The predicted octanol–water partition coefficient (Wildman–Crippen LogP) is 3.60. The van der Waals surface area contributed by atoms with Crippen LogP contribution in [0.2, 0.25) is 0 Å².